The lowest BCUT2D eigenvalue weighted by atomic mass is 10.0. The van der Waals surface area contributed by atoms with Gasteiger partial charge in [-0.25, -0.2) is 4.79 Å². The Labute approximate surface area is 125 Å². The van der Waals surface area contributed by atoms with Gasteiger partial charge in [0.05, 0.1) is 6.07 Å². The van der Waals surface area contributed by atoms with Gasteiger partial charge >= 0.3 is 6.09 Å². The molecule has 112 valence electrons. The van der Waals surface area contributed by atoms with E-state index in [0.29, 0.717) is 13.1 Å². The summed E-state index contributed by atoms with van der Waals surface area (Å²) in [6.07, 6.45) is -0.297. The first kappa shape index (κ1) is 15.3. The minimum absolute atomic E-state index is 0.127. The third-order valence-electron chi connectivity index (χ3n) is 3.20. The standard InChI is InChI=1S/C16H21N3O2/c1-16(2,3)21-15(20)19-10-13(11-19)18-14(9-17)12-7-5-4-6-8-12/h4-8,13-14,18H,10-11H2,1-3H3/t14-/m0/s1. The van der Waals surface area contributed by atoms with E-state index in [2.05, 4.69) is 11.4 Å². The van der Waals surface area contributed by atoms with E-state index in [1.165, 1.54) is 0 Å². The number of nitrogens with zero attached hydrogens (tertiary/aromatic N) is 2. The molecule has 0 bridgehead atoms. The fourth-order valence-corrected chi connectivity index (χ4v) is 2.15. The van der Waals surface area contributed by atoms with E-state index in [4.69, 9.17) is 4.74 Å². The smallest absolute Gasteiger partial charge is 0.410 e. The molecule has 5 nitrogen and oxygen atoms in total. The number of benzene rings is 1. The molecule has 0 unspecified atom stereocenters. The fraction of sp³-hybridized carbons (Fsp3) is 0.500. The number of hydrogen-bond acceptors (Lipinski definition) is 4. The number of carbonyl (C=O) groups excluding carboxylic acids is 1. The van der Waals surface area contributed by atoms with E-state index in [1.807, 2.05) is 51.1 Å². The zero-order valence-corrected chi connectivity index (χ0v) is 12.7. The Hall–Kier alpha value is -2.06. The predicted molar refractivity (Wildman–Crippen MR) is 79.5 cm³/mol. The van der Waals surface area contributed by atoms with Crippen LogP contribution >= 0.6 is 0 Å². The van der Waals surface area contributed by atoms with Gasteiger partial charge in [-0.3, -0.25) is 5.32 Å². The van der Waals surface area contributed by atoms with Crippen LogP contribution in [0.1, 0.15) is 32.4 Å². The second-order valence-corrected chi connectivity index (χ2v) is 6.22. The molecule has 1 fully saturated rings. The molecular formula is C16H21N3O2. The average Bonchev–Trinajstić information content (AvgIpc) is 2.36. The number of rotatable bonds is 3. The van der Waals surface area contributed by atoms with Crippen LogP contribution in [-0.2, 0) is 4.74 Å². The molecule has 1 heterocycles. The summed E-state index contributed by atoms with van der Waals surface area (Å²) >= 11 is 0. The molecule has 0 spiro atoms. The molecule has 1 saturated heterocycles. The molecule has 1 atom stereocenters. The Morgan fingerprint density at radius 3 is 2.52 bits per heavy atom. The van der Waals surface area contributed by atoms with E-state index < -0.39 is 5.60 Å². The molecule has 1 amide bonds. The van der Waals surface area contributed by atoms with E-state index >= 15 is 0 Å². The van der Waals surface area contributed by atoms with Crippen LogP contribution in [0.15, 0.2) is 30.3 Å². The molecular weight excluding hydrogens is 266 g/mol. The molecule has 1 aliphatic heterocycles. The molecule has 0 aliphatic carbocycles. The highest BCUT2D eigenvalue weighted by Crippen LogP contribution is 2.18. The van der Waals surface area contributed by atoms with Gasteiger partial charge in [-0.15, -0.1) is 0 Å². The Bertz CT molecular complexity index is 525. The van der Waals surface area contributed by atoms with Crippen molar-refractivity contribution in [3.63, 3.8) is 0 Å². The Balaban J connectivity index is 1.82. The summed E-state index contributed by atoms with van der Waals surface area (Å²) in [5, 5.41) is 12.5. The summed E-state index contributed by atoms with van der Waals surface area (Å²) in [5.74, 6) is 0. The van der Waals surface area contributed by atoms with E-state index in [-0.39, 0.29) is 18.2 Å². The monoisotopic (exact) mass is 287 g/mol. The highest BCUT2D eigenvalue weighted by molar-refractivity contribution is 5.69. The lowest BCUT2D eigenvalue weighted by Gasteiger charge is -2.41. The van der Waals surface area contributed by atoms with E-state index in [0.717, 1.165) is 5.56 Å². The van der Waals surface area contributed by atoms with Crippen molar-refractivity contribution in [1.29, 1.82) is 5.26 Å². The van der Waals surface area contributed by atoms with Gasteiger partial charge in [-0.2, -0.15) is 5.26 Å². The second kappa shape index (κ2) is 6.15. The summed E-state index contributed by atoms with van der Waals surface area (Å²) in [4.78, 5) is 13.5. The highest BCUT2D eigenvalue weighted by atomic mass is 16.6. The van der Waals surface area contributed by atoms with Crippen LogP contribution in [0.25, 0.3) is 0 Å². The zero-order chi connectivity index (χ0) is 15.5. The maximum Gasteiger partial charge on any atom is 0.410 e. The van der Waals surface area contributed by atoms with Crippen LogP contribution in [0, 0.1) is 11.3 Å². The van der Waals surface area contributed by atoms with Crippen molar-refractivity contribution in [3.05, 3.63) is 35.9 Å². The highest BCUT2D eigenvalue weighted by Gasteiger charge is 2.34. The van der Waals surface area contributed by atoms with Crippen molar-refractivity contribution < 1.29 is 9.53 Å². The van der Waals surface area contributed by atoms with Gasteiger partial charge in [0, 0.05) is 19.1 Å². The topological polar surface area (TPSA) is 65.4 Å². The van der Waals surface area contributed by atoms with Crippen molar-refractivity contribution in [3.8, 4) is 6.07 Å². The Morgan fingerprint density at radius 1 is 1.38 bits per heavy atom. The number of nitriles is 1. The van der Waals surface area contributed by atoms with Crippen molar-refractivity contribution in [2.75, 3.05) is 13.1 Å². The predicted octanol–water partition coefficient (Wildman–Crippen LogP) is 2.46. The Kier molecular flexibility index (Phi) is 4.49. The van der Waals surface area contributed by atoms with Gasteiger partial charge in [0.2, 0.25) is 0 Å². The fourth-order valence-electron chi connectivity index (χ4n) is 2.15. The number of likely N-dealkylation sites (tertiary alicyclic amines) is 1. The molecule has 2 rings (SSSR count). The van der Waals surface area contributed by atoms with Crippen molar-refractivity contribution in [1.82, 2.24) is 10.2 Å². The van der Waals surface area contributed by atoms with Crippen molar-refractivity contribution in [2.24, 2.45) is 0 Å². The molecule has 1 aromatic rings. The second-order valence-electron chi connectivity index (χ2n) is 6.22. The summed E-state index contributed by atoms with van der Waals surface area (Å²) < 4.78 is 5.30. The molecule has 1 N–H and O–H groups in total. The van der Waals surface area contributed by atoms with Crippen LogP contribution in [0.4, 0.5) is 4.79 Å². The van der Waals surface area contributed by atoms with Crippen molar-refractivity contribution >= 4 is 6.09 Å². The number of amides is 1. The minimum Gasteiger partial charge on any atom is -0.444 e. The number of hydrogen-bond donors (Lipinski definition) is 1. The third kappa shape index (κ3) is 4.20. The minimum atomic E-state index is -0.477. The normalized spacial score (nSPS) is 16.8. The first-order valence-electron chi connectivity index (χ1n) is 7.07. The van der Waals surface area contributed by atoms with Gasteiger partial charge in [0.1, 0.15) is 11.6 Å². The average molecular weight is 287 g/mol. The van der Waals surface area contributed by atoms with Gasteiger partial charge in [-0.1, -0.05) is 30.3 Å². The molecule has 1 aromatic carbocycles. The molecule has 1 aliphatic rings. The summed E-state index contributed by atoms with van der Waals surface area (Å²) in [7, 11) is 0. The van der Waals surface area contributed by atoms with Gasteiger partial charge < -0.3 is 9.64 Å². The maximum absolute atomic E-state index is 11.8. The summed E-state index contributed by atoms with van der Waals surface area (Å²) in [5.41, 5.74) is 0.463. The SMILES string of the molecule is CC(C)(C)OC(=O)N1CC(N[C@@H](C#N)c2ccccc2)C1. The summed E-state index contributed by atoms with van der Waals surface area (Å²) in [6.45, 7) is 6.68. The first-order chi connectivity index (χ1) is 9.89. The van der Waals surface area contributed by atoms with Crippen LogP contribution in [0.2, 0.25) is 0 Å². The molecule has 5 heteroatoms. The molecule has 21 heavy (non-hydrogen) atoms. The number of nitrogens with one attached hydrogen (secondary N) is 1. The summed E-state index contributed by atoms with van der Waals surface area (Å²) in [6, 6.07) is 11.6. The van der Waals surface area contributed by atoms with E-state index in [1.54, 1.807) is 4.90 Å². The third-order valence-corrected chi connectivity index (χ3v) is 3.20. The lowest BCUT2D eigenvalue weighted by molar-refractivity contribution is 0.00475. The molecule has 0 aromatic heterocycles. The first-order valence-corrected chi connectivity index (χ1v) is 7.07. The Morgan fingerprint density at radius 2 is 2.00 bits per heavy atom. The number of carbonyl (C=O) groups is 1. The van der Waals surface area contributed by atoms with Crippen molar-refractivity contribution in [2.45, 2.75) is 38.5 Å². The van der Waals surface area contributed by atoms with Gasteiger partial charge in [-0.05, 0) is 26.3 Å². The molecule has 0 radical (unpaired) electrons. The largest absolute Gasteiger partial charge is 0.444 e. The lowest BCUT2D eigenvalue weighted by Crippen LogP contribution is -2.60. The molecule has 0 saturated carbocycles. The zero-order valence-electron chi connectivity index (χ0n) is 12.7. The van der Waals surface area contributed by atoms with Crippen LogP contribution in [0.3, 0.4) is 0 Å². The number of ether oxygens (including phenoxy) is 1. The van der Waals surface area contributed by atoms with Crippen LogP contribution in [-0.4, -0.2) is 35.7 Å². The van der Waals surface area contributed by atoms with Gasteiger partial charge in [0.25, 0.3) is 0 Å². The maximum atomic E-state index is 11.8. The quantitative estimate of drug-likeness (QED) is 0.927. The van der Waals surface area contributed by atoms with Crippen LogP contribution in [0.5, 0.6) is 0 Å². The van der Waals surface area contributed by atoms with Gasteiger partial charge in [0.15, 0.2) is 0 Å². The van der Waals surface area contributed by atoms with Crippen LogP contribution < -0.4 is 5.32 Å². The van der Waals surface area contributed by atoms with E-state index in [9.17, 15) is 10.1 Å².